The van der Waals surface area contributed by atoms with E-state index in [0.29, 0.717) is 12.8 Å². The molecule has 1 aliphatic heterocycles. The number of terminal acetylenes is 1. The summed E-state index contributed by atoms with van der Waals surface area (Å²) in [5, 5.41) is 0. The fourth-order valence-corrected chi connectivity index (χ4v) is 4.32. The summed E-state index contributed by atoms with van der Waals surface area (Å²) in [7, 11) is 0. The Hall–Kier alpha value is -3.26. The van der Waals surface area contributed by atoms with Crippen LogP contribution in [-0.2, 0) is 23.8 Å². The van der Waals surface area contributed by atoms with Crippen molar-refractivity contribution < 1.29 is 28.2 Å². The number of nitrogen functional groups attached to an aromatic ring is 1. The normalized spacial score (nSPS) is 21.1. The molecule has 10 nitrogen and oxygen atoms in total. The van der Waals surface area contributed by atoms with Gasteiger partial charge in [0.05, 0.1) is 6.33 Å². The molecule has 0 bridgehead atoms. The highest BCUT2D eigenvalue weighted by Crippen LogP contribution is 2.40. The van der Waals surface area contributed by atoms with Gasteiger partial charge in [-0.15, -0.1) is 6.42 Å². The molecular weight excluding hydrogens is 481 g/mol. The van der Waals surface area contributed by atoms with E-state index in [1.54, 1.807) is 0 Å². The fourth-order valence-electron chi connectivity index (χ4n) is 4.32. The zero-order valence-corrected chi connectivity index (χ0v) is 21.6. The van der Waals surface area contributed by atoms with Gasteiger partial charge in [-0.3, -0.25) is 14.2 Å². The number of esters is 2. The maximum absolute atomic E-state index is 13.9. The first-order chi connectivity index (χ1) is 17.8. The molecular formula is C26H36FN5O5. The lowest BCUT2D eigenvalue weighted by atomic mass is 9.98. The van der Waals surface area contributed by atoms with Crippen LogP contribution in [0.1, 0.15) is 90.7 Å². The number of rotatable bonds is 14. The smallest absolute Gasteiger partial charge is 0.312 e. The van der Waals surface area contributed by atoms with Gasteiger partial charge >= 0.3 is 18.0 Å². The van der Waals surface area contributed by atoms with Gasteiger partial charge in [0.2, 0.25) is 5.60 Å². The fraction of sp³-hybridized carbons (Fsp3) is 0.654. The van der Waals surface area contributed by atoms with E-state index < -0.39 is 35.9 Å². The maximum Gasteiger partial charge on any atom is 0.312 e. The number of imidazole rings is 1. The first-order valence-electron chi connectivity index (χ1n) is 13.0. The first-order valence-corrected chi connectivity index (χ1v) is 13.0. The molecule has 3 atom stereocenters. The molecule has 3 unspecified atom stereocenters. The Bertz CT molecular complexity index is 1120. The van der Waals surface area contributed by atoms with E-state index in [-0.39, 0.29) is 42.9 Å². The Balaban J connectivity index is 1.77. The van der Waals surface area contributed by atoms with Crippen LogP contribution in [0, 0.1) is 18.4 Å². The minimum atomic E-state index is -1.53. The molecule has 1 saturated heterocycles. The van der Waals surface area contributed by atoms with Crippen LogP contribution >= 0.6 is 0 Å². The highest BCUT2D eigenvalue weighted by molar-refractivity contribution is 5.81. The van der Waals surface area contributed by atoms with Crippen molar-refractivity contribution >= 4 is 28.9 Å². The third-order valence-electron chi connectivity index (χ3n) is 6.45. The number of anilines is 1. The van der Waals surface area contributed by atoms with Crippen LogP contribution in [0.4, 0.5) is 10.2 Å². The average molecular weight is 518 g/mol. The van der Waals surface area contributed by atoms with Crippen LogP contribution in [0.2, 0.25) is 0 Å². The van der Waals surface area contributed by atoms with Crippen molar-refractivity contribution in [3.8, 4) is 12.3 Å². The van der Waals surface area contributed by atoms with Gasteiger partial charge in [-0.1, -0.05) is 58.3 Å². The van der Waals surface area contributed by atoms with Crippen molar-refractivity contribution in [3.63, 3.8) is 0 Å². The lowest BCUT2D eigenvalue weighted by molar-refractivity contribution is -0.166. The van der Waals surface area contributed by atoms with Crippen LogP contribution in [0.25, 0.3) is 11.2 Å². The first kappa shape index (κ1) is 28.3. The second kappa shape index (κ2) is 13.3. The van der Waals surface area contributed by atoms with Crippen LogP contribution in [0.3, 0.4) is 0 Å². The molecule has 0 aromatic carbocycles. The summed E-state index contributed by atoms with van der Waals surface area (Å²) < 4.78 is 32.7. The Kier molecular flexibility index (Phi) is 10.2. The van der Waals surface area contributed by atoms with Crippen molar-refractivity contribution in [1.29, 1.82) is 0 Å². The minimum Gasteiger partial charge on any atom is -0.461 e. The number of hydrogen-bond donors (Lipinski definition) is 1. The van der Waals surface area contributed by atoms with Crippen molar-refractivity contribution in [2.75, 3.05) is 12.3 Å². The van der Waals surface area contributed by atoms with E-state index in [9.17, 15) is 14.0 Å². The number of unbranched alkanes of at least 4 members (excludes halogenated alkanes) is 6. The summed E-state index contributed by atoms with van der Waals surface area (Å²) in [6.07, 6.45) is 12.8. The SMILES string of the molecule is C#CC1(COC(=O)CCCC)OC(n2cnc3c(N)nc(F)nc32)CC1OC(=O)CCCCCCCC. The average Bonchev–Trinajstić information content (AvgIpc) is 3.45. The summed E-state index contributed by atoms with van der Waals surface area (Å²) in [4.78, 5) is 36.4. The Morgan fingerprint density at radius 1 is 1.16 bits per heavy atom. The number of halogens is 1. The molecule has 0 aliphatic carbocycles. The third-order valence-corrected chi connectivity index (χ3v) is 6.45. The van der Waals surface area contributed by atoms with Gasteiger partial charge in [0.15, 0.2) is 17.0 Å². The van der Waals surface area contributed by atoms with Crippen LogP contribution < -0.4 is 5.73 Å². The lowest BCUT2D eigenvalue weighted by Gasteiger charge is -2.28. The Labute approximate surface area is 216 Å². The van der Waals surface area contributed by atoms with Crippen LogP contribution in [0.15, 0.2) is 6.33 Å². The van der Waals surface area contributed by atoms with Gasteiger partial charge < -0.3 is 19.9 Å². The maximum atomic E-state index is 13.9. The summed E-state index contributed by atoms with van der Waals surface area (Å²) in [6, 6.07) is 0. The van der Waals surface area contributed by atoms with E-state index in [1.165, 1.54) is 17.3 Å². The van der Waals surface area contributed by atoms with Gasteiger partial charge in [-0.05, 0) is 12.8 Å². The van der Waals surface area contributed by atoms with Crippen LogP contribution in [-0.4, -0.2) is 49.8 Å². The van der Waals surface area contributed by atoms with Crippen molar-refractivity contribution in [2.45, 2.75) is 102 Å². The molecule has 2 N–H and O–H groups in total. The number of carbonyl (C=O) groups excluding carboxylic acids is 2. The molecule has 11 heteroatoms. The number of hydrogen-bond acceptors (Lipinski definition) is 9. The van der Waals surface area contributed by atoms with E-state index >= 15 is 0 Å². The zero-order valence-electron chi connectivity index (χ0n) is 21.6. The van der Waals surface area contributed by atoms with Crippen molar-refractivity contribution in [2.24, 2.45) is 0 Å². The molecule has 1 aliphatic rings. The Morgan fingerprint density at radius 3 is 2.59 bits per heavy atom. The third kappa shape index (κ3) is 7.16. The molecule has 0 spiro atoms. The quantitative estimate of drug-likeness (QED) is 0.169. The molecule has 3 rings (SSSR count). The van der Waals surface area contributed by atoms with Gasteiger partial charge in [0.25, 0.3) is 0 Å². The highest BCUT2D eigenvalue weighted by atomic mass is 19.1. The topological polar surface area (TPSA) is 131 Å². The van der Waals surface area contributed by atoms with Crippen LogP contribution in [0.5, 0.6) is 0 Å². The minimum absolute atomic E-state index is 0.111. The summed E-state index contributed by atoms with van der Waals surface area (Å²) in [5.41, 5.74) is 4.56. The lowest BCUT2D eigenvalue weighted by Crippen LogP contribution is -2.45. The number of fused-ring (bicyclic) bond motifs is 1. The Morgan fingerprint density at radius 2 is 1.86 bits per heavy atom. The highest BCUT2D eigenvalue weighted by Gasteiger charge is 2.52. The molecule has 1 fully saturated rings. The summed E-state index contributed by atoms with van der Waals surface area (Å²) in [6.45, 7) is 3.82. The molecule has 37 heavy (non-hydrogen) atoms. The molecule has 0 amide bonds. The van der Waals surface area contributed by atoms with E-state index in [2.05, 4.69) is 27.8 Å². The molecule has 0 radical (unpaired) electrons. The molecule has 2 aromatic rings. The monoisotopic (exact) mass is 517 g/mol. The van der Waals surface area contributed by atoms with Crippen molar-refractivity contribution in [3.05, 3.63) is 12.4 Å². The number of aromatic nitrogens is 4. The van der Waals surface area contributed by atoms with Gasteiger partial charge in [-0.25, -0.2) is 4.98 Å². The van der Waals surface area contributed by atoms with E-state index in [1.807, 2.05) is 6.92 Å². The van der Waals surface area contributed by atoms with Gasteiger partial charge in [0, 0.05) is 19.3 Å². The van der Waals surface area contributed by atoms with Crippen molar-refractivity contribution in [1.82, 2.24) is 19.5 Å². The predicted octanol–water partition coefficient (Wildman–Crippen LogP) is 4.23. The van der Waals surface area contributed by atoms with Gasteiger partial charge in [0.1, 0.15) is 18.9 Å². The molecule has 2 aromatic heterocycles. The predicted molar refractivity (Wildman–Crippen MR) is 134 cm³/mol. The number of carbonyl (C=O) groups is 2. The largest absolute Gasteiger partial charge is 0.461 e. The summed E-state index contributed by atoms with van der Waals surface area (Å²) in [5.74, 6) is 1.61. The number of ether oxygens (including phenoxy) is 3. The molecule has 0 saturated carbocycles. The standard InChI is InChI=1S/C26H36FN5O5/c1-4-7-9-10-11-12-14-21(34)36-18-15-19(32-17-29-22-23(28)30-25(27)31-24(22)32)37-26(18,6-3)16-35-20(33)13-8-5-2/h3,17-19H,4-5,7-16H2,1-2H3,(H2,28,30,31). The second-order valence-electron chi connectivity index (χ2n) is 9.30. The summed E-state index contributed by atoms with van der Waals surface area (Å²) >= 11 is 0. The molecule has 202 valence electrons. The van der Waals surface area contributed by atoms with E-state index in [4.69, 9.17) is 26.4 Å². The number of nitrogens with zero attached hydrogens (tertiary/aromatic N) is 4. The second-order valence-corrected chi connectivity index (χ2v) is 9.30. The van der Waals surface area contributed by atoms with E-state index in [0.717, 1.165) is 32.1 Å². The molecule has 3 heterocycles. The number of nitrogens with two attached hydrogens (primary N) is 1. The zero-order chi connectivity index (χ0) is 26.8. The van der Waals surface area contributed by atoms with Gasteiger partial charge in [-0.2, -0.15) is 14.4 Å².